The van der Waals surface area contributed by atoms with Crippen molar-refractivity contribution in [2.75, 3.05) is 6.54 Å². The number of nitrogens with one attached hydrogen (secondary N) is 1. The minimum atomic E-state index is 0.166. The van der Waals surface area contributed by atoms with Gasteiger partial charge in [0.15, 0.2) is 0 Å². The molecule has 1 atom stereocenters. The molecular formula is C19H23N3O. The Morgan fingerprint density at radius 2 is 2.04 bits per heavy atom. The molecule has 1 aliphatic heterocycles. The van der Waals surface area contributed by atoms with Gasteiger partial charge in [-0.2, -0.15) is 0 Å². The lowest BCUT2D eigenvalue weighted by Crippen LogP contribution is -2.31. The molecule has 23 heavy (non-hydrogen) atoms. The highest BCUT2D eigenvalue weighted by Crippen LogP contribution is 2.38. The van der Waals surface area contributed by atoms with E-state index in [1.807, 2.05) is 12.5 Å². The van der Waals surface area contributed by atoms with E-state index in [0.29, 0.717) is 18.9 Å². The van der Waals surface area contributed by atoms with Crippen molar-refractivity contribution >= 4 is 5.91 Å². The van der Waals surface area contributed by atoms with Crippen LogP contribution in [-0.2, 0) is 4.79 Å². The van der Waals surface area contributed by atoms with Gasteiger partial charge in [-0.25, -0.2) is 4.98 Å². The summed E-state index contributed by atoms with van der Waals surface area (Å²) in [5.74, 6) is 0.784. The molecule has 1 fully saturated rings. The minimum Gasteiger partial charge on any atom is -0.354 e. The predicted molar refractivity (Wildman–Crippen MR) is 90.0 cm³/mol. The number of aromatic nitrogens is 2. The van der Waals surface area contributed by atoms with E-state index in [1.54, 1.807) is 0 Å². The average Bonchev–Trinajstić information content (AvgIpc) is 3.15. The molecule has 1 saturated carbocycles. The Hall–Kier alpha value is -2.10. The average molecular weight is 309 g/mol. The zero-order valence-corrected chi connectivity index (χ0v) is 13.4. The summed E-state index contributed by atoms with van der Waals surface area (Å²) >= 11 is 0. The summed E-state index contributed by atoms with van der Waals surface area (Å²) in [6.45, 7) is 0.645. The molecule has 4 rings (SSSR count). The van der Waals surface area contributed by atoms with E-state index in [0.717, 1.165) is 5.69 Å². The molecule has 1 amide bonds. The van der Waals surface area contributed by atoms with Gasteiger partial charge in [0.25, 0.3) is 0 Å². The van der Waals surface area contributed by atoms with Gasteiger partial charge in [0.2, 0.25) is 5.91 Å². The minimum absolute atomic E-state index is 0.166. The van der Waals surface area contributed by atoms with Crippen LogP contribution in [0.15, 0.2) is 36.8 Å². The van der Waals surface area contributed by atoms with Gasteiger partial charge in [-0.05, 0) is 24.3 Å². The van der Waals surface area contributed by atoms with Crippen molar-refractivity contribution in [3.05, 3.63) is 42.4 Å². The Labute approximate surface area is 136 Å². The first kappa shape index (κ1) is 14.5. The first-order valence-electron chi connectivity index (χ1n) is 8.71. The Balaban J connectivity index is 1.42. The molecule has 1 aromatic carbocycles. The van der Waals surface area contributed by atoms with Gasteiger partial charge in [0, 0.05) is 18.5 Å². The van der Waals surface area contributed by atoms with Crippen LogP contribution in [0.4, 0.5) is 0 Å². The van der Waals surface area contributed by atoms with Crippen molar-refractivity contribution in [2.24, 2.45) is 5.92 Å². The van der Waals surface area contributed by atoms with Gasteiger partial charge in [-0.15, -0.1) is 0 Å². The normalized spacial score (nSPS) is 20.1. The molecule has 4 nitrogen and oxygen atoms in total. The Morgan fingerprint density at radius 1 is 1.22 bits per heavy atom. The number of rotatable bonds is 4. The highest BCUT2D eigenvalue weighted by molar-refractivity contribution is 5.76. The topological polar surface area (TPSA) is 46.9 Å². The molecule has 1 aromatic heterocycles. The van der Waals surface area contributed by atoms with Crippen LogP contribution >= 0.6 is 0 Å². The number of carbonyl (C=O) groups is 1. The maximum Gasteiger partial charge on any atom is 0.220 e. The summed E-state index contributed by atoms with van der Waals surface area (Å²) in [5, 5.41) is 3.16. The van der Waals surface area contributed by atoms with Gasteiger partial charge in [0.05, 0.1) is 24.3 Å². The molecule has 2 aliphatic rings. The second-order valence-corrected chi connectivity index (χ2v) is 6.80. The van der Waals surface area contributed by atoms with Gasteiger partial charge in [-0.1, -0.05) is 43.5 Å². The predicted octanol–water partition coefficient (Wildman–Crippen LogP) is 3.54. The molecule has 2 aromatic rings. The van der Waals surface area contributed by atoms with Crippen LogP contribution < -0.4 is 5.32 Å². The molecule has 0 saturated heterocycles. The van der Waals surface area contributed by atoms with Gasteiger partial charge in [-0.3, -0.25) is 4.79 Å². The second-order valence-electron chi connectivity index (χ2n) is 6.80. The van der Waals surface area contributed by atoms with Gasteiger partial charge < -0.3 is 9.88 Å². The largest absolute Gasteiger partial charge is 0.354 e. The van der Waals surface area contributed by atoms with Crippen molar-refractivity contribution in [1.29, 1.82) is 0 Å². The van der Waals surface area contributed by atoms with Gasteiger partial charge in [0.1, 0.15) is 0 Å². The zero-order chi connectivity index (χ0) is 15.6. The standard InChI is InChI=1S/C19H23N3O/c23-19(10-14-6-2-1-3-7-14)21-12-18-16-9-5-4-8-15(16)17-11-20-13-22(17)18/h4-5,8-9,11,13-14,18H,1-3,6-7,10,12H2,(H,21,23). The van der Waals surface area contributed by atoms with Crippen LogP contribution in [-0.4, -0.2) is 22.0 Å². The number of amides is 1. The SMILES string of the molecule is O=C(CC1CCCCC1)NCC1c2ccccc2-c2cncn21. The van der Waals surface area contributed by atoms with Crippen LogP contribution in [0.2, 0.25) is 0 Å². The fourth-order valence-corrected chi connectivity index (χ4v) is 4.08. The van der Waals surface area contributed by atoms with E-state index in [9.17, 15) is 4.79 Å². The fraction of sp³-hybridized carbons (Fsp3) is 0.474. The summed E-state index contributed by atoms with van der Waals surface area (Å²) in [5.41, 5.74) is 3.66. The summed E-state index contributed by atoms with van der Waals surface area (Å²) < 4.78 is 2.17. The van der Waals surface area contributed by atoms with Gasteiger partial charge >= 0.3 is 0 Å². The van der Waals surface area contributed by atoms with E-state index in [-0.39, 0.29) is 11.9 Å². The highest BCUT2D eigenvalue weighted by Gasteiger charge is 2.28. The maximum atomic E-state index is 12.3. The first-order valence-corrected chi connectivity index (χ1v) is 8.71. The van der Waals surface area contributed by atoms with Crippen LogP contribution in [0.1, 0.15) is 50.1 Å². The van der Waals surface area contributed by atoms with Crippen LogP contribution in [0.5, 0.6) is 0 Å². The molecule has 2 heterocycles. The lowest BCUT2D eigenvalue weighted by Gasteiger charge is -2.22. The third-order valence-electron chi connectivity index (χ3n) is 5.29. The number of hydrogen-bond donors (Lipinski definition) is 1. The van der Waals surface area contributed by atoms with E-state index in [4.69, 9.17) is 0 Å². The molecule has 120 valence electrons. The lowest BCUT2D eigenvalue weighted by molar-refractivity contribution is -0.122. The number of fused-ring (bicyclic) bond motifs is 3. The molecule has 0 radical (unpaired) electrons. The molecular weight excluding hydrogens is 286 g/mol. The Bertz CT molecular complexity index is 700. The number of nitrogens with zero attached hydrogens (tertiary/aromatic N) is 2. The molecule has 1 unspecified atom stereocenters. The fourth-order valence-electron chi connectivity index (χ4n) is 4.08. The maximum absolute atomic E-state index is 12.3. The monoisotopic (exact) mass is 309 g/mol. The third kappa shape index (κ3) is 2.78. The van der Waals surface area contributed by atoms with Crippen LogP contribution in [0.3, 0.4) is 0 Å². The molecule has 1 N–H and O–H groups in total. The smallest absolute Gasteiger partial charge is 0.220 e. The lowest BCUT2D eigenvalue weighted by atomic mass is 9.87. The van der Waals surface area contributed by atoms with E-state index in [1.165, 1.54) is 43.2 Å². The molecule has 0 bridgehead atoms. The summed E-state index contributed by atoms with van der Waals surface area (Å²) in [4.78, 5) is 16.6. The first-order chi connectivity index (χ1) is 11.3. The molecule has 0 spiro atoms. The van der Waals surface area contributed by atoms with Crippen molar-refractivity contribution in [1.82, 2.24) is 14.9 Å². The highest BCUT2D eigenvalue weighted by atomic mass is 16.1. The summed E-state index contributed by atoms with van der Waals surface area (Å²) in [6.07, 6.45) is 10.8. The van der Waals surface area contributed by atoms with Crippen molar-refractivity contribution in [2.45, 2.75) is 44.6 Å². The molecule has 1 aliphatic carbocycles. The van der Waals surface area contributed by atoms with Crippen LogP contribution in [0, 0.1) is 5.92 Å². The van der Waals surface area contributed by atoms with Crippen molar-refractivity contribution in [3.8, 4) is 11.3 Å². The zero-order valence-electron chi connectivity index (χ0n) is 13.4. The Kier molecular flexibility index (Phi) is 3.90. The van der Waals surface area contributed by atoms with E-state index >= 15 is 0 Å². The number of carbonyl (C=O) groups excluding carboxylic acids is 1. The van der Waals surface area contributed by atoms with E-state index in [2.05, 4.69) is 39.1 Å². The summed E-state index contributed by atoms with van der Waals surface area (Å²) in [6, 6.07) is 8.57. The molecule has 4 heteroatoms. The third-order valence-corrected chi connectivity index (χ3v) is 5.29. The van der Waals surface area contributed by atoms with Crippen molar-refractivity contribution < 1.29 is 4.79 Å². The Morgan fingerprint density at radius 3 is 2.91 bits per heavy atom. The number of imidazole rings is 1. The summed E-state index contributed by atoms with van der Waals surface area (Å²) in [7, 11) is 0. The number of hydrogen-bond acceptors (Lipinski definition) is 2. The second kappa shape index (κ2) is 6.19. The van der Waals surface area contributed by atoms with Crippen molar-refractivity contribution in [3.63, 3.8) is 0 Å². The quantitative estimate of drug-likeness (QED) is 0.939. The number of benzene rings is 1. The van der Waals surface area contributed by atoms with Crippen LogP contribution in [0.25, 0.3) is 11.3 Å². The van der Waals surface area contributed by atoms with E-state index < -0.39 is 0 Å².